The van der Waals surface area contributed by atoms with E-state index in [2.05, 4.69) is 20.3 Å². The number of fused-ring (bicyclic) bond motifs is 1. The fraction of sp³-hybridized carbons (Fsp3) is 0.212. The number of piperidine rings is 1. The monoisotopic (exact) mass is 560 g/mol. The van der Waals surface area contributed by atoms with Crippen molar-refractivity contribution in [3.05, 3.63) is 108 Å². The summed E-state index contributed by atoms with van der Waals surface area (Å²) >= 11 is 0. The lowest BCUT2D eigenvalue weighted by Crippen LogP contribution is -2.35. The molecule has 0 saturated carbocycles. The molecule has 1 aliphatic rings. The Labute approximate surface area is 244 Å². The third kappa shape index (κ3) is 5.59. The molecule has 212 valence electrons. The minimum absolute atomic E-state index is 0.0954. The van der Waals surface area contributed by atoms with Gasteiger partial charge in [0, 0.05) is 65.6 Å². The van der Waals surface area contributed by atoms with Gasteiger partial charge in [0.15, 0.2) is 0 Å². The van der Waals surface area contributed by atoms with Crippen molar-refractivity contribution in [2.24, 2.45) is 0 Å². The third-order valence-corrected chi connectivity index (χ3v) is 7.72. The van der Waals surface area contributed by atoms with Crippen LogP contribution >= 0.6 is 0 Å². The Bertz CT molecular complexity index is 1740. The molecule has 6 rings (SSSR count). The molecule has 1 aliphatic heterocycles. The number of benzene rings is 3. The summed E-state index contributed by atoms with van der Waals surface area (Å²) in [6.07, 6.45) is 4.71. The third-order valence-electron chi connectivity index (χ3n) is 7.72. The maximum atomic E-state index is 13.3. The molecule has 1 saturated heterocycles. The van der Waals surface area contributed by atoms with Crippen LogP contribution in [0.3, 0.4) is 0 Å². The second kappa shape index (κ2) is 11.5. The summed E-state index contributed by atoms with van der Waals surface area (Å²) in [4.78, 5) is 33.9. The first-order chi connectivity index (χ1) is 20.4. The van der Waals surface area contributed by atoms with Crippen LogP contribution in [-0.4, -0.2) is 57.9 Å². The zero-order valence-electron chi connectivity index (χ0n) is 23.6. The van der Waals surface area contributed by atoms with Gasteiger partial charge in [0.1, 0.15) is 0 Å². The summed E-state index contributed by atoms with van der Waals surface area (Å²) in [5.41, 5.74) is 6.22. The van der Waals surface area contributed by atoms with Crippen LogP contribution in [0.4, 0.5) is 17.1 Å². The van der Waals surface area contributed by atoms with E-state index in [1.54, 1.807) is 36.5 Å². The SMILES string of the molecule is Cc1cc(C(=O)Nc2ccc(-n3ncc4cc(N(C)C(=O)c5ccc(N6CCC(O)CC6)cc5)ccc43)cc2)ccn1. The molecule has 5 aromatic rings. The van der Waals surface area contributed by atoms with Crippen LogP contribution in [-0.2, 0) is 0 Å². The summed E-state index contributed by atoms with van der Waals surface area (Å²) in [6, 6.07) is 24.4. The van der Waals surface area contributed by atoms with Crippen LogP contribution in [0, 0.1) is 6.92 Å². The maximum Gasteiger partial charge on any atom is 0.258 e. The number of nitrogens with one attached hydrogen (secondary N) is 1. The quantitative estimate of drug-likeness (QED) is 0.295. The molecule has 42 heavy (non-hydrogen) atoms. The number of aliphatic hydroxyl groups is 1. The van der Waals surface area contributed by atoms with Crippen LogP contribution in [0.5, 0.6) is 0 Å². The molecule has 1 fully saturated rings. The highest BCUT2D eigenvalue weighted by atomic mass is 16.3. The Morgan fingerprint density at radius 2 is 1.62 bits per heavy atom. The molecule has 0 spiro atoms. The van der Waals surface area contributed by atoms with E-state index in [4.69, 9.17) is 0 Å². The van der Waals surface area contributed by atoms with Gasteiger partial charge >= 0.3 is 0 Å². The number of hydrogen-bond acceptors (Lipinski definition) is 6. The molecule has 0 atom stereocenters. The predicted molar refractivity (Wildman–Crippen MR) is 165 cm³/mol. The van der Waals surface area contributed by atoms with E-state index in [9.17, 15) is 14.7 Å². The van der Waals surface area contributed by atoms with Gasteiger partial charge in [-0.25, -0.2) is 4.68 Å². The van der Waals surface area contributed by atoms with Crippen molar-refractivity contribution in [1.29, 1.82) is 0 Å². The lowest BCUT2D eigenvalue weighted by atomic mass is 10.1. The smallest absolute Gasteiger partial charge is 0.258 e. The molecule has 2 amide bonds. The molecule has 0 bridgehead atoms. The van der Waals surface area contributed by atoms with Gasteiger partial charge < -0.3 is 20.2 Å². The number of anilines is 3. The molecule has 9 nitrogen and oxygen atoms in total. The van der Waals surface area contributed by atoms with E-state index in [1.165, 1.54) is 0 Å². The molecule has 9 heteroatoms. The Morgan fingerprint density at radius 1 is 0.905 bits per heavy atom. The topological polar surface area (TPSA) is 104 Å². The Morgan fingerprint density at radius 3 is 2.33 bits per heavy atom. The Balaban J connectivity index is 1.14. The molecular weight excluding hydrogens is 528 g/mol. The number of aliphatic hydroxyl groups excluding tert-OH is 1. The first kappa shape index (κ1) is 27.2. The second-order valence-corrected chi connectivity index (χ2v) is 10.6. The van der Waals surface area contributed by atoms with E-state index < -0.39 is 0 Å². The van der Waals surface area contributed by atoms with Crippen molar-refractivity contribution in [3.8, 4) is 5.69 Å². The largest absolute Gasteiger partial charge is 0.393 e. The van der Waals surface area contributed by atoms with Gasteiger partial charge in [-0.1, -0.05) is 0 Å². The van der Waals surface area contributed by atoms with Gasteiger partial charge in [0.05, 0.1) is 23.5 Å². The summed E-state index contributed by atoms with van der Waals surface area (Å²) in [5.74, 6) is -0.287. The average molecular weight is 561 g/mol. The van der Waals surface area contributed by atoms with E-state index in [0.717, 1.165) is 59.6 Å². The highest BCUT2D eigenvalue weighted by molar-refractivity contribution is 6.07. The number of aromatic nitrogens is 3. The summed E-state index contributed by atoms with van der Waals surface area (Å²) in [5, 5.41) is 18.2. The number of hydrogen-bond donors (Lipinski definition) is 2. The van der Waals surface area contributed by atoms with E-state index in [0.29, 0.717) is 16.8 Å². The first-order valence-corrected chi connectivity index (χ1v) is 14.0. The molecule has 2 N–H and O–H groups in total. The minimum atomic E-state index is -0.220. The zero-order valence-corrected chi connectivity index (χ0v) is 23.6. The van der Waals surface area contributed by atoms with Crippen LogP contribution in [0.1, 0.15) is 39.3 Å². The van der Waals surface area contributed by atoms with E-state index >= 15 is 0 Å². The first-order valence-electron chi connectivity index (χ1n) is 14.0. The maximum absolute atomic E-state index is 13.3. The molecule has 3 aromatic carbocycles. The average Bonchev–Trinajstić information content (AvgIpc) is 3.44. The zero-order chi connectivity index (χ0) is 29.2. The van der Waals surface area contributed by atoms with Crippen molar-refractivity contribution in [2.45, 2.75) is 25.9 Å². The fourth-order valence-corrected chi connectivity index (χ4v) is 5.26. The van der Waals surface area contributed by atoms with Crippen LogP contribution in [0.25, 0.3) is 16.6 Å². The molecule has 0 radical (unpaired) electrons. The number of aryl methyl sites for hydroxylation is 1. The number of carbonyl (C=O) groups is 2. The normalized spacial score (nSPS) is 13.7. The van der Waals surface area contributed by atoms with Crippen molar-refractivity contribution in [1.82, 2.24) is 14.8 Å². The van der Waals surface area contributed by atoms with Gasteiger partial charge in [0.25, 0.3) is 11.8 Å². The van der Waals surface area contributed by atoms with Crippen LogP contribution in [0.15, 0.2) is 91.3 Å². The van der Waals surface area contributed by atoms with Crippen molar-refractivity contribution < 1.29 is 14.7 Å². The molecule has 3 heterocycles. The second-order valence-electron chi connectivity index (χ2n) is 10.6. The highest BCUT2D eigenvalue weighted by Gasteiger charge is 2.19. The Kier molecular flexibility index (Phi) is 7.41. The standard InChI is InChI=1S/C33H32N6O3/c1-22-19-24(13-16-34-22)32(41)36-26-5-9-28(10-6-26)39-31-12-11-29(20-25(31)21-35-39)37(2)33(42)23-3-7-27(8-4-23)38-17-14-30(40)15-18-38/h3-13,16,19-21,30,40H,14-15,17-18H2,1-2H3,(H,36,41). The van der Waals surface area contributed by atoms with E-state index in [1.807, 2.05) is 78.3 Å². The van der Waals surface area contributed by atoms with Gasteiger partial charge in [-0.3, -0.25) is 14.6 Å². The predicted octanol–water partition coefficient (Wildman–Crippen LogP) is 5.22. The van der Waals surface area contributed by atoms with Crippen LogP contribution in [0.2, 0.25) is 0 Å². The van der Waals surface area contributed by atoms with Gasteiger partial charge in [0.2, 0.25) is 0 Å². The van der Waals surface area contributed by atoms with Crippen LogP contribution < -0.4 is 15.1 Å². The summed E-state index contributed by atoms with van der Waals surface area (Å²) in [6.45, 7) is 3.48. The summed E-state index contributed by atoms with van der Waals surface area (Å²) in [7, 11) is 1.77. The van der Waals surface area contributed by atoms with Gasteiger partial charge in [-0.15, -0.1) is 0 Å². The fourth-order valence-electron chi connectivity index (χ4n) is 5.26. The molecule has 2 aromatic heterocycles. The van der Waals surface area contributed by atoms with Gasteiger partial charge in [-0.05, 0) is 98.6 Å². The van der Waals surface area contributed by atoms with Crippen molar-refractivity contribution in [2.75, 3.05) is 35.3 Å². The molecule has 0 unspecified atom stereocenters. The number of pyridine rings is 1. The molecule has 0 aliphatic carbocycles. The van der Waals surface area contributed by atoms with Gasteiger partial charge in [-0.2, -0.15) is 5.10 Å². The lowest BCUT2D eigenvalue weighted by Gasteiger charge is -2.31. The summed E-state index contributed by atoms with van der Waals surface area (Å²) < 4.78 is 1.83. The van der Waals surface area contributed by atoms with Crippen molar-refractivity contribution >= 4 is 39.8 Å². The van der Waals surface area contributed by atoms with E-state index in [-0.39, 0.29) is 17.9 Å². The minimum Gasteiger partial charge on any atom is -0.393 e. The highest BCUT2D eigenvalue weighted by Crippen LogP contribution is 2.26. The van der Waals surface area contributed by atoms with Crippen molar-refractivity contribution in [3.63, 3.8) is 0 Å². The molecular formula is C33H32N6O3. The number of amides is 2. The Hall–Kier alpha value is -5.02. The lowest BCUT2D eigenvalue weighted by molar-refractivity contribution is 0.0991. The number of rotatable bonds is 6. The number of carbonyl (C=O) groups excluding carboxylic acids is 2. The number of nitrogens with zero attached hydrogens (tertiary/aromatic N) is 5.